The lowest BCUT2D eigenvalue weighted by Crippen LogP contribution is -2.04. The first kappa shape index (κ1) is 14.5. The van der Waals surface area contributed by atoms with Crippen LogP contribution in [0.25, 0.3) is 11.3 Å². The van der Waals surface area contributed by atoms with E-state index in [2.05, 4.69) is 5.10 Å². The van der Waals surface area contributed by atoms with E-state index in [1.165, 1.54) is 18.3 Å². The minimum Gasteiger partial charge on any atom is -0.478 e. The first-order valence-electron chi connectivity index (χ1n) is 6.22. The van der Waals surface area contributed by atoms with Crippen LogP contribution in [0.15, 0.2) is 24.4 Å². The molecule has 1 atom stereocenters. The molecule has 0 saturated heterocycles. The normalized spacial score (nSPS) is 12.4. The lowest BCUT2D eigenvalue weighted by molar-refractivity contribution is 0.0697. The lowest BCUT2D eigenvalue weighted by atomic mass is 10.1. The molecule has 1 aromatic carbocycles. The Kier molecular flexibility index (Phi) is 4.09. The Morgan fingerprint density at radius 1 is 1.55 bits per heavy atom. The molecule has 0 aliphatic heterocycles. The maximum Gasteiger partial charge on any atom is 0.339 e. The van der Waals surface area contributed by atoms with Gasteiger partial charge in [-0.3, -0.25) is 4.68 Å². The molecule has 0 aliphatic carbocycles. The third kappa shape index (κ3) is 2.67. The summed E-state index contributed by atoms with van der Waals surface area (Å²) in [5.41, 5.74) is 0.717. The number of carbonyl (C=O) groups is 1. The summed E-state index contributed by atoms with van der Waals surface area (Å²) < 4.78 is 14.7. The summed E-state index contributed by atoms with van der Waals surface area (Å²) in [7, 11) is 0. The zero-order valence-electron chi connectivity index (χ0n) is 11.1. The van der Waals surface area contributed by atoms with Crippen molar-refractivity contribution in [2.24, 2.45) is 0 Å². The molecule has 0 bridgehead atoms. The Labute approximate surface area is 120 Å². The van der Waals surface area contributed by atoms with Gasteiger partial charge in [-0.2, -0.15) is 5.10 Å². The van der Waals surface area contributed by atoms with Crippen LogP contribution in [-0.2, 0) is 0 Å². The number of carboxylic acid groups (broad SMARTS) is 1. The maximum atomic E-state index is 13.1. The van der Waals surface area contributed by atoms with Crippen LogP contribution in [0, 0.1) is 5.82 Å². The van der Waals surface area contributed by atoms with Gasteiger partial charge in [0.2, 0.25) is 0 Å². The Hall–Kier alpha value is -1.88. The molecule has 0 fully saturated rings. The largest absolute Gasteiger partial charge is 0.478 e. The number of nitrogens with zero attached hydrogens (tertiary/aromatic N) is 2. The van der Waals surface area contributed by atoms with Gasteiger partial charge in [-0.25, -0.2) is 9.18 Å². The Balaban J connectivity index is 2.60. The first-order chi connectivity index (χ1) is 9.43. The predicted octanol–water partition coefficient (Wildman–Crippen LogP) is 4.01. The molecule has 1 aromatic heterocycles. The van der Waals surface area contributed by atoms with Gasteiger partial charge in [-0.1, -0.05) is 18.5 Å². The highest BCUT2D eigenvalue weighted by Crippen LogP contribution is 2.31. The van der Waals surface area contributed by atoms with Gasteiger partial charge < -0.3 is 5.11 Å². The number of rotatable bonds is 4. The van der Waals surface area contributed by atoms with Crippen LogP contribution in [0.2, 0.25) is 5.02 Å². The summed E-state index contributed by atoms with van der Waals surface area (Å²) in [4.78, 5) is 11.3. The molecule has 20 heavy (non-hydrogen) atoms. The quantitative estimate of drug-likeness (QED) is 0.927. The average molecular weight is 297 g/mol. The van der Waals surface area contributed by atoms with Crippen LogP contribution in [-0.4, -0.2) is 20.9 Å². The predicted molar refractivity (Wildman–Crippen MR) is 74.6 cm³/mol. The van der Waals surface area contributed by atoms with Crippen LogP contribution in [0.4, 0.5) is 4.39 Å². The molecular weight excluding hydrogens is 283 g/mol. The molecule has 2 rings (SSSR count). The van der Waals surface area contributed by atoms with Gasteiger partial charge in [0.1, 0.15) is 17.1 Å². The van der Waals surface area contributed by atoms with E-state index in [0.717, 1.165) is 12.5 Å². The van der Waals surface area contributed by atoms with Gasteiger partial charge in [0, 0.05) is 17.8 Å². The number of carboxylic acids is 1. The lowest BCUT2D eigenvalue weighted by Gasteiger charge is -2.08. The third-order valence-corrected chi connectivity index (χ3v) is 3.50. The summed E-state index contributed by atoms with van der Waals surface area (Å²) in [6.07, 6.45) is 2.29. The van der Waals surface area contributed by atoms with E-state index >= 15 is 0 Å². The van der Waals surface area contributed by atoms with Crippen molar-refractivity contribution in [1.82, 2.24) is 9.78 Å². The Morgan fingerprint density at radius 2 is 2.25 bits per heavy atom. The summed E-state index contributed by atoms with van der Waals surface area (Å²) >= 11 is 5.98. The molecule has 2 aromatic rings. The molecule has 1 unspecified atom stereocenters. The maximum absolute atomic E-state index is 13.1. The fourth-order valence-electron chi connectivity index (χ4n) is 1.84. The summed E-state index contributed by atoms with van der Waals surface area (Å²) in [5.74, 6) is -1.56. The van der Waals surface area contributed by atoms with E-state index < -0.39 is 11.8 Å². The summed E-state index contributed by atoms with van der Waals surface area (Å²) in [6.45, 7) is 3.92. The van der Waals surface area contributed by atoms with E-state index in [9.17, 15) is 14.3 Å². The van der Waals surface area contributed by atoms with Crippen LogP contribution >= 0.6 is 11.6 Å². The Morgan fingerprint density at radius 3 is 2.80 bits per heavy atom. The summed E-state index contributed by atoms with van der Waals surface area (Å²) in [6, 6.07) is 3.88. The van der Waals surface area contributed by atoms with Gasteiger partial charge >= 0.3 is 5.97 Å². The van der Waals surface area contributed by atoms with Crippen LogP contribution in [0.3, 0.4) is 0 Å². The monoisotopic (exact) mass is 296 g/mol. The zero-order chi connectivity index (χ0) is 14.9. The molecule has 6 heteroatoms. The second-order valence-corrected chi connectivity index (χ2v) is 4.97. The highest BCUT2D eigenvalue weighted by Gasteiger charge is 2.20. The van der Waals surface area contributed by atoms with Crippen molar-refractivity contribution >= 4 is 17.6 Å². The zero-order valence-corrected chi connectivity index (χ0v) is 11.9. The second kappa shape index (κ2) is 5.63. The highest BCUT2D eigenvalue weighted by atomic mass is 35.5. The van der Waals surface area contributed by atoms with Gasteiger partial charge in [-0.15, -0.1) is 0 Å². The van der Waals surface area contributed by atoms with Gasteiger partial charge in [0.05, 0.1) is 5.02 Å². The van der Waals surface area contributed by atoms with Crippen LogP contribution < -0.4 is 0 Å². The molecule has 0 spiro atoms. The SMILES string of the molecule is CCC(C)n1cc(C(=O)O)c(-c2ccc(F)cc2Cl)n1. The molecule has 0 aliphatic rings. The molecular formula is C14H14ClFN2O2. The smallest absolute Gasteiger partial charge is 0.339 e. The van der Waals surface area contributed by atoms with Crippen molar-refractivity contribution in [1.29, 1.82) is 0 Å². The summed E-state index contributed by atoms with van der Waals surface area (Å²) in [5, 5.41) is 13.7. The van der Waals surface area contributed by atoms with Crippen molar-refractivity contribution < 1.29 is 14.3 Å². The second-order valence-electron chi connectivity index (χ2n) is 4.56. The fraction of sp³-hybridized carbons (Fsp3) is 0.286. The van der Waals surface area contributed by atoms with E-state index in [1.807, 2.05) is 13.8 Å². The van der Waals surface area contributed by atoms with Crippen LogP contribution in [0.5, 0.6) is 0 Å². The van der Waals surface area contributed by atoms with Crippen LogP contribution in [0.1, 0.15) is 36.7 Å². The molecule has 0 saturated carbocycles. The molecule has 106 valence electrons. The molecule has 0 amide bonds. The highest BCUT2D eigenvalue weighted by molar-refractivity contribution is 6.33. The third-order valence-electron chi connectivity index (χ3n) is 3.19. The van der Waals surface area contributed by atoms with Gasteiger partial charge in [0.25, 0.3) is 0 Å². The standard InChI is InChI=1S/C14H14ClFN2O2/c1-3-8(2)18-7-11(14(19)20)13(17-18)10-5-4-9(16)6-12(10)15/h4-8H,3H2,1-2H3,(H,19,20). The van der Waals surface area contributed by atoms with E-state index in [0.29, 0.717) is 5.56 Å². The molecule has 1 heterocycles. The minimum atomic E-state index is -1.09. The number of benzene rings is 1. The number of aromatic nitrogens is 2. The Bertz CT molecular complexity index is 655. The van der Waals surface area contributed by atoms with E-state index in [1.54, 1.807) is 4.68 Å². The number of halogens is 2. The van der Waals surface area contributed by atoms with Crippen molar-refractivity contribution in [2.45, 2.75) is 26.3 Å². The topological polar surface area (TPSA) is 55.1 Å². The van der Waals surface area contributed by atoms with Crippen molar-refractivity contribution in [2.75, 3.05) is 0 Å². The average Bonchev–Trinajstić information content (AvgIpc) is 2.82. The molecule has 4 nitrogen and oxygen atoms in total. The van der Waals surface area contributed by atoms with Gasteiger partial charge in [0.15, 0.2) is 0 Å². The number of hydrogen-bond acceptors (Lipinski definition) is 2. The van der Waals surface area contributed by atoms with Crippen molar-refractivity contribution in [3.63, 3.8) is 0 Å². The van der Waals surface area contributed by atoms with Crippen molar-refractivity contribution in [3.8, 4) is 11.3 Å². The van der Waals surface area contributed by atoms with Crippen molar-refractivity contribution in [3.05, 3.63) is 40.8 Å². The first-order valence-corrected chi connectivity index (χ1v) is 6.59. The fourth-order valence-corrected chi connectivity index (χ4v) is 2.10. The van der Waals surface area contributed by atoms with Gasteiger partial charge in [-0.05, 0) is 31.5 Å². The van der Waals surface area contributed by atoms with E-state index in [4.69, 9.17) is 11.6 Å². The number of hydrogen-bond donors (Lipinski definition) is 1. The number of aromatic carboxylic acids is 1. The minimum absolute atomic E-state index is 0.0545. The molecule has 0 radical (unpaired) electrons. The molecule has 1 N–H and O–H groups in total. The van der Waals surface area contributed by atoms with E-state index in [-0.39, 0.29) is 22.3 Å².